The number of nitrogens with zero attached hydrogens (tertiary/aromatic N) is 1. The standard InChI is InChI=1S/C12H17FN2.ClH/c1-3-14-8(2)12-11(13)6-10(7-15-12)9-4-5-9;/h6-9,14H,3-5H2,1-2H3;1H. The van der Waals surface area contributed by atoms with Crippen LogP contribution < -0.4 is 5.32 Å². The van der Waals surface area contributed by atoms with Crippen LogP contribution in [0.25, 0.3) is 0 Å². The molecule has 1 aliphatic carbocycles. The Bertz CT molecular complexity index is 353. The molecule has 90 valence electrons. The molecule has 0 aromatic carbocycles. The maximum Gasteiger partial charge on any atom is 0.146 e. The zero-order chi connectivity index (χ0) is 10.8. The number of halogens is 2. The lowest BCUT2D eigenvalue weighted by Gasteiger charge is -2.13. The fourth-order valence-electron chi connectivity index (χ4n) is 1.82. The van der Waals surface area contributed by atoms with Crippen molar-refractivity contribution in [2.24, 2.45) is 0 Å². The highest BCUT2D eigenvalue weighted by atomic mass is 35.5. The first-order valence-electron chi connectivity index (χ1n) is 5.61. The van der Waals surface area contributed by atoms with E-state index >= 15 is 0 Å². The summed E-state index contributed by atoms with van der Waals surface area (Å²) in [6, 6.07) is 1.64. The Morgan fingerprint density at radius 2 is 2.25 bits per heavy atom. The number of hydrogen-bond donors (Lipinski definition) is 1. The van der Waals surface area contributed by atoms with Gasteiger partial charge in [0.15, 0.2) is 0 Å². The van der Waals surface area contributed by atoms with Crippen LogP contribution in [0.5, 0.6) is 0 Å². The monoisotopic (exact) mass is 244 g/mol. The Morgan fingerprint density at radius 3 is 2.75 bits per heavy atom. The van der Waals surface area contributed by atoms with Gasteiger partial charge in [-0.2, -0.15) is 0 Å². The molecule has 2 nitrogen and oxygen atoms in total. The van der Waals surface area contributed by atoms with E-state index < -0.39 is 0 Å². The second-order valence-corrected chi connectivity index (χ2v) is 4.19. The second kappa shape index (κ2) is 5.60. The maximum absolute atomic E-state index is 13.7. The molecule has 1 fully saturated rings. The Balaban J connectivity index is 0.00000128. The third kappa shape index (κ3) is 2.92. The molecule has 16 heavy (non-hydrogen) atoms. The van der Waals surface area contributed by atoms with Crippen molar-refractivity contribution in [1.29, 1.82) is 0 Å². The zero-order valence-corrected chi connectivity index (χ0v) is 10.5. The molecule has 0 bridgehead atoms. The van der Waals surface area contributed by atoms with Gasteiger partial charge in [-0.1, -0.05) is 6.92 Å². The largest absolute Gasteiger partial charge is 0.309 e. The molecule has 1 aromatic rings. The van der Waals surface area contributed by atoms with Gasteiger partial charge in [0.05, 0.1) is 5.69 Å². The lowest BCUT2D eigenvalue weighted by Crippen LogP contribution is -2.20. The molecule has 1 N–H and O–H groups in total. The van der Waals surface area contributed by atoms with Crippen molar-refractivity contribution in [3.63, 3.8) is 0 Å². The van der Waals surface area contributed by atoms with Crippen LogP contribution in [0.4, 0.5) is 4.39 Å². The molecule has 0 amide bonds. The fourth-order valence-corrected chi connectivity index (χ4v) is 1.82. The summed E-state index contributed by atoms with van der Waals surface area (Å²) in [5, 5.41) is 3.16. The molecule has 1 saturated carbocycles. The summed E-state index contributed by atoms with van der Waals surface area (Å²) in [6.07, 6.45) is 4.19. The first-order chi connectivity index (χ1) is 7.22. The third-order valence-corrected chi connectivity index (χ3v) is 2.86. The number of nitrogens with one attached hydrogen (secondary N) is 1. The number of rotatable bonds is 4. The van der Waals surface area contributed by atoms with E-state index in [9.17, 15) is 4.39 Å². The quantitative estimate of drug-likeness (QED) is 0.880. The Labute approximate surface area is 102 Å². The van der Waals surface area contributed by atoms with Gasteiger partial charge in [-0.05, 0) is 43.9 Å². The number of hydrogen-bond acceptors (Lipinski definition) is 2. The molecule has 0 saturated heterocycles. The topological polar surface area (TPSA) is 24.9 Å². The minimum Gasteiger partial charge on any atom is -0.309 e. The highest BCUT2D eigenvalue weighted by Crippen LogP contribution is 2.40. The smallest absolute Gasteiger partial charge is 0.146 e. The van der Waals surface area contributed by atoms with E-state index in [4.69, 9.17) is 0 Å². The molecular weight excluding hydrogens is 227 g/mol. The van der Waals surface area contributed by atoms with E-state index in [-0.39, 0.29) is 24.3 Å². The highest BCUT2D eigenvalue weighted by Gasteiger charge is 2.25. The van der Waals surface area contributed by atoms with Crippen LogP contribution in [0.3, 0.4) is 0 Å². The molecule has 0 radical (unpaired) electrons. The molecule has 0 spiro atoms. The van der Waals surface area contributed by atoms with Gasteiger partial charge in [-0.3, -0.25) is 4.98 Å². The average molecular weight is 245 g/mol. The molecule has 1 heterocycles. The predicted octanol–water partition coefficient (Wildman–Crippen LogP) is 3.19. The third-order valence-electron chi connectivity index (χ3n) is 2.86. The van der Waals surface area contributed by atoms with Gasteiger partial charge >= 0.3 is 0 Å². The first-order valence-corrected chi connectivity index (χ1v) is 5.61. The Morgan fingerprint density at radius 1 is 1.56 bits per heavy atom. The van der Waals surface area contributed by atoms with Gasteiger partial charge in [0.25, 0.3) is 0 Å². The summed E-state index contributed by atoms with van der Waals surface area (Å²) < 4.78 is 13.7. The Hall–Kier alpha value is -0.670. The SMILES string of the molecule is CCNC(C)c1ncc(C2CC2)cc1F.Cl. The molecule has 1 aliphatic rings. The molecular formula is C12H18ClFN2. The minimum atomic E-state index is -0.173. The zero-order valence-electron chi connectivity index (χ0n) is 9.66. The number of pyridine rings is 1. The summed E-state index contributed by atoms with van der Waals surface area (Å²) in [7, 11) is 0. The van der Waals surface area contributed by atoms with Crippen LogP contribution in [-0.4, -0.2) is 11.5 Å². The summed E-state index contributed by atoms with van der Waals surface area (Å²) in [6.45, 7) is 4.77. The van der Waals surface area contributed by atoms with E-state index in [0.29, 0.717) is 11.6 Å². The van der Waals surface area contributed by atoms with Crippen LogP contribution in [0.2, 0.25) is 0 Å². The van der Waals surface area contributed by atoms with Crippen LogP contribution in [0.1, 0.15) is 49.9 Å². The van der Waals surface area contributed by atoms with Crippen LogP contribution in [-0.2, 0) is 0 Å². The molecule has 0 aliphatic heterocycles. The Kier molecular flexibility index (Phi) is 4.69. The van der Waals surface area contributed by atoms with Crippen molar-refractivity contribution in [2.75, 3.05) is 6.54 Å². The minimum absolute atomic E-state index is 0. The second-order valence-electron chi connectivity index (χ2n) is 4.19. The van der Waals surface area contributed by atoms with Crippen molar-refractivity contribution in [2.45, 2.75) is 38.6 Å². The van der Waals surface area contributed by atoms with E-state index in [1.165, 1.54) is 12.8 Å². The lowest BCUT2D eigenvalue weighted by molar-refractivity contribution is 0.523. The van der Waals surface area contributed by atoms with Crippen molar-refractivity contribution in [3.8, 4) is 0 Å². The normalized spacial score (nSPS) is 16.7. The summed E-state index contributed by atoms with van der Waals surface area (Å²) in [4.78, 5) is 4.22. The number of aromatic nitrogens is 1. The molecule has 1 aromatic heterocycles. The molecule has 1 atom stereocenters. The van der Waals surface area contributed by atoms with E-state index in [2.05, 4.69) is 10.3 Å². The van der Waals surface area contributed by atoms with Crippen LogP contribution in [0, 0.1) is 5.82 Å². The van der Waals surface area contributed by atoms with Crippen molar-refractivity contribution >= 4 is 12.4 Å². The van der Waals surface area contributed by atoms with Gasteiger partial charge in [0, 0.05) is 12.2 Å². The predicted molar refractivity (Wildman–Crippen MR) is 65.5 cm³/mol. The van der Waals surface area contributed by atoms with E-state index in [1.54, 1.807) is 6.07 Å². The summed E-state index contributed by atoms with van der Waals surface area (Å²) in [5.41, 5.74) is 1.58. The lowest BCUT2D eigenvalue weighted by atomic mass is 10.1. The van der Waals surface area contributed by atoms with Gasteiger partial charge < -0.3 is 5.32 Å². The van der Waals surface area contributed by atoms with Gasteiger partial charge in [0.2, 0.25) is 0 Å². The van der Waals surface area contributed by atoms with Crippen molar-refractivity contribution in [1.82, 2.24) is 10.3 Å². The maximum atomic E-state index is 13.7. The summed E-state index contributed by atoms with van der Waals surface area (Å²) >= 11 is 0. The highest BCUT2D eigenvalue weighted by molar-refractivity contribution is 5.85. The van der Waals surface area contributed by atoms with Crippen molar-refractivity contribution < 1.29 is 4.39 Å². The average Bonchev–Trinajstić information content (AvgIpc) is 3.01. The van der Waals surface area contributed by atoms with Crippen LogP contribution >= 0.6 is 12.4 Å². The van der Waals surface area contributed by atoms with Crippen molar-refractivity contribution in [3.05, 3.63) is 29.3 Å². The fraction of sp³-hybridized carbons (Fsp3) is 0.583. The van der Waals surface area contributed by atoms with Gasteiger partial charge in [-0.15, -0.1) is 12.4 Å². The molecule has 2 rings (SSSR count). The van der Waals surface area contributed by atoms with Gasteiger partial charge in [-0.25, -0.2) is 4.39 Å². The first kappa shape index (κ1) is 13.4. The van der Waals surface area contributed by atoms with Crippen LogP contribution in [0.15, 0.2) is 12.3 Å². The molecule has 1 unspecified atom stereocenters. The molecule has 4 heteroatoms. The summed E-state index contributed by atoms with van der Waals surface area (Å²) in [5.74, 6) is 0.392. The van der Waals surface area contributed by atoms with E-state index in [0.717, 1.165) is 12.1 Å². The van der Waals surface area contributed by atoms with E-state index in [1.807, 2.05) is 20.0 Å². The van der Waals surface area contributed by atoms with Gasteiger partial charge in [0.1, 0.15) is 5.82 Å².